The van der Waals surface area contributed by atoms with Gasteiger partial charge in [-0.25, -0.2) is 9.97 Å². The summed E-state index contributed by atoms with van der Waals surface area (Å²) in [5, 5.41) is 6.92. The third kappa shape index (κ3) is 6.42. The van der Waals surface area contributed by atoms with Gasteiger partial charge < -0.3 is 15.5 Å². The summed E-state index contributed by atoms with van der Waals surface area (Å²) in [7, 11) is 1.83. The van der Waals surface area contributed by atoms with E-state index in [9.17, 15) is 0 Å². The number of rotatable bonds is 8. The third-order valence-corrected chi connectivity index (χ3v) is 5.63. The SMILES string of the molecule is CN=C(NCCCN1CCN(c2ncccn2)CC1)NCC(C)(C)c1ccccc1. The van der Waals surface area contributed by atoms with Gasteiger partial charge in [-0.2, -0.15) is 0 Å². The first-order valence-corrected chi connectivity index (χ1v) is 10.8. The van der Waals surface area contributed by atoms with Crippen molar-refractivity contribution >= 4 is 11.9 Å². The van der Waals surface area contributed by atoms with Crippen molar-refractivity contribution in [3.8, 4) is 0 Å². The van der Waals surface area contributed by atoms with Crippen LogP contribution in [0.3, 0.4) is 0 Å². The van der Waals surface area contributed by atoms with Crippen LogP contribution in [0.4, 0.5) is 5.95 Å². The van der Waals surface area contributed by atoms with Crippen molar-refractivity contribution in [2.24, 2.45) is 4.99 Å². The Hall–Kier alpha value is -2.67. The van der Waals surface area contributed by atoms with Crippen LogP contribution in [0.5, 0.6) is 0 Å². The lowest BCUT2D eigenvalue weighted by Crippen LogP contribution is -2.48. The maximum absolute atomic E-state index is 4.37. The van der Waals surface area contributed by atoms with Gasteiger partial charge in [0.05, 0.1) is 0 Å². The van der Waals surface area contributed by atoms with Crippen LogP contribution >= 0.6 is 0 Å². The summed E-state index contributed by atoms with van der Waals surface area (Å²) in [6.45, 7) is 11.4. The molecule has 0 spiro atoms. The minimum atomic E-state index is 0.0427. The number of nitrogens with zero attached hydrogens (tertiary/aromatic N) is 5. The molecule has 2 heterocycles. The van der Waals surface area contributed by atoms with Crippen LogP contribution in [0.2, 0.25) is 0 Å². The molecule has 0 saturated carbocycles. The van der Waals surface area contributed by atoms with Crippen molar-refractivity contribution in [2.75, 3.05) is 57.8 Å². The van der Waals surface area contributed by atoms with E-state index >= 15 is 0 Å². The van der Waals surface area contributed by atoms with E-state index < -0.39 is 0 Å². The van der Waals surface area contributed by atoms with Gasteiger partial charge in [0.15, 0.2) is 5.96 Å². The smallest absolute Gasteiger partial charge is 0.225 e. The van der Waals surface area contributed by atoms with Crippen molar-refractivity contribution in [3.05, 3.63) is 54.4 Å². The Morgan fingerprint density at radius 3 is 2.37 bits per heavy atom. The zero-order valence-corrected chi connectivity index (χ0v) is 18.5. The molecule has 1 fully saturated rings. The molecule has 1 saturated heterocycles. The largest absolute Gasteiger partial charge is 0.356 e. The average Bonchev–Trinajstić information content (AvgIpc) is 2.80. The highest BCUT2D eigenvalue weighted by Crippen LogP contribution is 2.21. The van der Waals surface area contributed by atoms with Gasteiger partial charge in [-0.3, -0.25) is 9.89 Å². The molecule has 0 radical (unpaired) electrons. The van der Waals surface area contributed by atoms with E-state index in [1.807, 2.05) is 25.5 Å². The molecule has 1 aromatic heterocycles. The molecule has 2 N–H and O–H groups in total. The molecule has 162 valence electrons. The number of hydrogen-bond donors (Lipinski definition) is 2. The lowest BCUT2D eigenvalue weighted by Gasteiger charge is -2.34. The Balaban J connectivity index is 1.33. The van der Waals surface area contributed by atoms with E-state index in [1.165, 1.54) is 5.56 Å². The van der Waals surface area contributed by atoms with Gasteiger partial charge in [-0.15, -0.1) is 0 Å². The summed E-state index contributed by atoms with van der Waals surface area (Å²) in [5.41, 5.74) is 1.37. The number of aliphatic imine (C=N–C) groups is 1. The standard InChI is InChI=1S/C23H35N7/c1-23(2,20-9-5-4-6-10-20)19-28-21(24-3)25-13-8-14-29-15-17-30(18-16-29)22-26-11-7-12-27-22/h4-7,9-12H,8,13-19H2,1-3H3,(H2,24,25,28). The second-order valence-corrected chi connectivity index (χ2v) is 8.33. The molecule has 7 nitrogen and oxygen atoms in total. The fraction of sp³-hybridized carbons (Fsp3) is 0.522. The molecule has 1 aliphatic heterocycles. The van der Waals surface area contributed by atoms with E-state index in [0.29, 0.717) is 0 Å². The fourth-order valence-electron chi connectivity index (χ4n) is 3.65. The molecule has 0 bridgehead atoms. The molecular weight excluding hydrogens is 374 g/mol. The summed E-state index contributed by atoms with van der Waals surface area (Å²) in [4.78, 5) is 17.8. The van der Waals surface area contributed by atoms with Crippen LogP contribution in [0.1, 0.15) is 25.8 Å². The molecule has 2 aromatic rings. The average molecular weight is 410 g/mol. The summed E-state index contributed by atoms with van der Waals surface area (Å²) >= 11 is 0. The number of hydrogen-bond acceptors (Lipinski definition) is 5. The number of nitrogens with one attached hydrogen (secondary N) is 2. The van der Waals surface area contributed by atoms with E-state index in [0.717, 1.165) is 64.1 Å². The third-order valence-electron chi connectivity index (χ3n) is 5.63. The van der Waals surface area contributed by atoms with Crippen LogP contribution in [-0.2, 0) is 5.41 Å². The van der Waals surface area contributed by atoms with Crippen molar-refractivity contribution in [1.82, 2.24) is 25.5 Å². The predicted octanol–water partition coefficient (Wildman–Crippen LogP) is 2.13. The second-order valence-electron chi connectivity index (χ2n) is 8.33. The first-order valence-electron chi connectivity index (χ1n) is 10.8. The van der Waals surface area contributed by atoms with Gasteiger partial charge >= 0.3 is 0 Å². The van der Waals surface area contributed by atoms with E-state index in [-0.39, 0.29) is 5.41 Å². The minimum Gasteiger partial charge on any atom is -0.356 e. The molecule has 0 amide bonds. The Morgan fingerprint density at radius 1 is 1.00 bits per heavy atom. The first kappa shape index (κ1) is 22.0. The first-order chi connectivity index (χ1) is 14.6. The fourth-order valence-corrected chi connectivity index (χ4v) is 3.65. The van der Waals surface area contributed by atoms with Crippen molar-refractivity contribution in [2.45, 2.75) is 25.7 Å². The Morgan fingerprint density at radius 2 is 1.70 bits per heavy atom. The molecular formula is C23H35N7. The topological polar surface area (TPSA) is 68.7 Å². The number of guanidine groups is 1. The Kier molecular flexibility index (Phi) is 8.02. The highest BCUT2D eigenvalue weighted by molar-refractivity contribution is 5.79. The summed E-state index contributed by atoms with van der Waals surface area (Å²) in [6.07, 6.45) is 4.70. The zero-order valence-electron chi connectivity index (χ0n) is 18.5. The molecule has 0 aliphatic carbocycles. The van der Waals surface area contributed by atoms with E-state index in [1.54, 1.807) is 0 Å². The molecule has 3 rings (SSSR count). The van der Waals surface area contributed by atoms with Crippen LogP contribution in [-0.4, -0.2) is 73.7 Å². The van der Waals surface area contributed by atoms with Gasteiger partial charge in [-0.1, -0.05) is 44.2 Å². The number of piperazine rings is 1. The maximum atomic E-state index is 4.37. The lowest BCUT2D eigenvalue weighted by molar-refractivity contribution is 0.254. The Bertz CT molecular complexity index is 769. The Labute approximate surface area is 180 Å². The molecule has 1 aliphatic rings. The van der Waals surface area contributed by atoms with Gasteiger partial charge in [0.2, 0.25) is 5.95 Å². The maximum Gasteiger partial charge on any atom is 0.225 e. The summed E-state index contributed by atoms with van der Waals surface area (Å²) in [6, 6.07) is 12.5. The molecule has 30 heavy (non-hydrogen) atoms. The van der Waals surface area contributed by atoms with Gasteiger partial charge in [-0.05, 0) is 24.6 Å². The molecule has 7 heteroatoms. The molecule has 0 atom stereocenters. The minimum absolute atomic E-state index is 0.0427. The second kappa shape index (κ2) is 10.9. The summed E-state index contributed by atoms with van der Waals surface area (Å²) < 4.78 is 0. The number of benzene rings is 1. The van der Waals surface area contributed by atoms with Crippen LogP contribution in [0.15, 0.2) is 53.8 Å². The van der Waals surface area contributed by atoms with Gasteiger partial charge in [0.1, 0.15) is 0 Å². The zero-order chi connectivity index (χ0) is 21.2. The predicted molar refractivity (Wildman–Crippen MR) is 124 cm³/mol. The normalized spacial score (nSPS) is 15.8. The highest BCUT2D eigenvalue weighted by Gasteiger charge is 2.21. The summed E-state index contributed by atoms with van der Waals surface area (Å²) in [5.74, 6) is 1.71. The number of anilines is 1. The monoisotopic (exact) mass is 409 g/mol. The van der Waals surface area contributed by atoms with E-state index in [2.05, 4.69) is 79.6 Å². The van der Waals surface area contributed by atoms with Gasteiger partial charge in [0.25, 0.3) is 0 Å². The molecule has 1 aromatic carbocycles. The molecule has 0 unspecified atom stereocenters. The quantitative estimate of drug-likeness (QED) is 0.396. The van der Waals surface area contributed by atoms with Crippen LogP contribution in [0.25, 0.3) is 0 Å². The highest BCUT2D eigenvalue weighted by atomic mass is 15.3. The van der Waals surface area contributed by atoms with Gasteiger partial charge in [0, 0.05) is 64.1 Å². The van der Waals surface area contributed by atoms with Crippen molar-refractivity contribution in [1.29, 1.82) is 0 Å². The number of aromatic nitrogens is 2. The van der Waals surface area contributed by atoms with Crippen molar-refractivity contribution in [3.63, 3.8) is 0 Å². The van der Waals surface area contributed by atoms with Crippen LogP contribution < -0.4 is 15.5 Å². The lowest BCUT2D eigenvalue weighted by atomic mass is 9.85. The van der Waals surface area contributed by atoms with E-state index in [4.69, 9.17) is 0 Å². The van der Waals surface area contributed by atoms with Crippen molar-refractivity contribution < 1.29 is 0 Å². The van der Waals surface area contributed by atoms with Crippen LogP contribution in [0, 0.1) is 0 Å².